The Balaban J connectivity index is 3.08. The van der Waals surface area contributed by atoms with Crippen LogP contribution in [0.3, 0.4) is 0 Å². The van der Waals surface area contributed by atoms with Crippen LogP contribution in [-0.4, -0.2) is 0 Å². The van der Waals surface area contributed by atoms with Crippen LogP contribution in [0.1, 0.15) is 11.1 Å². The van der Waals surface area contributed by atoms with E-state index in [4.69, 9.17) is 6.57 Å². The van der Waals surface area contributed by atoms with Crippen LogP contribution in [0.2, 0.25) is 0 Å². The third-order valence-electron chi connectivity index (χ3n) is 1.63. The summed E-state index contributed by atoms with van der Waals surface area (Å²) in [6.45, 7) is 6.68. The van der Waals surface area contributed by atoms with Gasteiger partial charge in [-0.25, -0.2) is 6.57 Å². The summed E-state index contributed by atoms with van der Waals surface area (Å²) in [5.41, 5.74) is -0.147. The van der Waals surface area contributed by atoms with E-state index in [9.17, 15) is 13.2 Å². The van der Waals surface area contributed by atoms with Crippen molar-refractivity contribution in [3.8, 4) is 0 Å². The van der Waals surface area contributed by atoms with Gasteiger partial charge >= 0.3 is 6.18 Å². The van der Waals surface area contributed by atoms with Crippen LogP contribution in [-0.2, 0) is 12.7 Å². The predicted octanol–water partition coefficient (Wildman–Crippen LogP) is 3.89. The zero-order valence-electron chi connectivity index (χ0n) is 6.90. The molecule has 0 aliphatic heterocycles. The molecule has 0 radical (unpaired) electrons. The summed E-state index contributed by atoms with van der Waals surface area (Å²) in [4.78, 5) is 3.10. The maximum absolute atomic E-state index is 12.2. The monoisotopic (exact) mass is 263 g/mol. The Labute approximate surface area is 87.5 Å². The van der Waals surface area contributed by atoms with Crippen LogP contribution in [0.25, 0.3) is 4.85 Å². The fraction of sp³-hybridized carbons (Fsp3) is 0.222. The standard InChI is InChI=1S/C9H5BrF3N/c1-14-5-6-2-3-7(4-8(6)10)9(11,12)13/h2-4H,5H2. The number of benzene rings is 1. The summed E-state index contributed by atoms with van der Waals surface area (Å²) in [6, 6.07) is 3.27. The lowest BCUT2D eigenvalue weighted by atomic mass is 10.1. The summed E-state index contributed by atoms with van der Waals surface area (Å²) in [5, 5.41) is 0. The lowest BCUT2D eigenvalue weighted by Gasteiger charge is -2.07. The van der Waals surface area contributed by atoms with E-state index < -0.39 is 11.7 Å². The fourth-order valence-electron chi connectivity index (χ4n) is 0.937. The van der Waals surface area contributed by atoms with Gasteiger partial charge in [-0.1, -0.05) is 15.9 Å². The lowest BCUT2D eigenvalue weighted by Crippen LogP contribution is -2.04. The van der Waals surface area contributed by atoms with Crippen molar-refractivity contribution in [2.75, 3.05) is 0 Å². The van der Waals surface area contributed by atoms with Crippen molar-refractivity contribution in [3.05, 3.63) is 45.2 Å². The molecule has 1 rings (SSSR count). The first-order valence-corrected chi connectivity index (χ1v) is 4.43. The van der Waals surface area contributed by atoms with Gasteiger partial charge in [0.1, 0.15) is 0 Å². The van der Waals surface area contributed by atoms with Gasteiger partial charge in [-0.2, -0.15) is 13.2 Å². The molecule has 5 heteroatoms. The quantitative estimate of drug-likeness (QED) is 0.678. The van der Waals surface area contributed by atoms with Gasteiger partial charge in [-0.15, -0.1) is 0 Å². The molecule has 0 N–H and O–H groups in total. The fourth-order valence-corrected chi connectivity index (χ4v) is 1.44. The lowest BCUT2D eigenvalue weighted by molar-refractivity contribution is -0.137. The van der Waals surface area contributed by atoms with E-state index in [-0.39, 0.29) is 6.54 Å². The van der Waals surface area contributed by atoms with Gasteiger partial charge in [0.05, 0.1) is 5.56 Å². The molecule has 0 spiro atoms. The SMILES string of the molecule is [C-]#[N+]Cc1ccc(C(F)(F)F)cc1Br. The molecular weight excluding hydrogens is 259 g/mol. The number of alkyl halides is 3. The molecule has 1 aromatic carbocycles. The van der Waals surface area contributed by atoms with Gasteiger partial charge in [0.2, 0.25) is 6.54 Å². The van der Waals surface area contributed by atoms with Gasteiger partial charge in [-0.3, -0.25) is 0 Å². The highest BCUT2D eigenvalue weighted by atomic mass is 79.9. The second-order valence-corrected chi connectivity index (χ2v) is 3.47. The molecular formula is C9H5BrF3N. The van der Waals surface area contributed by atoms with Crippen molar-refractivity contribution >= 4 is 15.9 Å². The van der Waals surface area contributed by atoms with E-state index in [1.165, 1.54) is 6.07 Å². The Morgan fingerprint density at radius 1 is 1.36 bits per heavy atom. The number of hydrogen-bond donors (Lipinski definition) is 0. The van der Waals surface area contributed by atoms with Crippen molar-refractivity contribution < 1.29 is 13.2 Å². The number of hydrogen-bond acceptors (Lipinski definition) is 0. The molecule has 0 aromatic heterocycles. The van der Waals surface area contributed by atoms with E-state index in [0.717, 1.165) is 12.1 Å². The Bertz CT molecular complexity index is 379. The Morgan fingerprint density at radius 3 is 2.43 bits per heavy atom. The van der Waals surface area contributed by atoms with Crippen LogP contribution >= 0.6 is 15.9 Å². The Kier molecular flexibility index (Phi) is 3.17. The molecule has 0 atom stereocenters. The summed E-state index contributed by atoms with van der Waals surface area (Å²) in [7, 11) is 0. The molecule has 14 heavy (non-hydrogen) atoms. The average Bonchev–Trinajstić information content (AvgIpc) is 2.07. The molecule has 0 fully saturated rings. The number of halogens is 4. The van der Waals surface area contributed by atoms with Crippen molar-refractivity contribution in [2.45, 2.75) is 12.7 Å². The van der Waals surface area contributed by atoms with Gasteiger partial charge in [-0.05, 0) is 18.2 Å². The average molecular weight is 264 g/mol. The van der Waals surface area contributed by atoms with E-state index in [2.05, 4.69) is 20.8 Å². The smallest absolute Gasteiger partial charge is 0.312 e. The molecule has 0 saturated heterocycles. The summed E-state index contributed by atoms with van der Waals surface area (Å²) in [5.74, 6) is 0. The molecule has 0 saturated carbocycles. The van der Waals surface area contributed by atoms with Crippen molar-refractivity contribution in [1.82, 2.24) is 0 Å². The minimum atomic E-state index is -4.33. The first-order valence-electron chi connectivity index (χ1n) is 3.64. The molecule has 0 aliphatic rings. The highest BCUT2D eigenvalue weighted by molar-refractivity contribution is 9.10. The third-order valence-corrected chi connectivity index (χ3v) is 2.37. The van der Waals surface area contributed by atoms with Gasteiger partial charge in [0.25, 0.3) is 0 Å². The zero-order valence-corrected chi connectivity index (χ0v) is 8.48. The van der Waals surface area contributed by atoms with Crippen LogP contribution in [0, 0.1) is 6.57 Å². The maximum Gasteiger partial charge on any atom is 0.416 e. The molecule has 1 aromatic rings. The molecule has 0 bridgehead atoms. The number of rotatable bonds is 1. The van der Waals surface area contributed by atoms with Crippen molar-refractivity contribution in [1.29, 1.82) is 0 Å². The van der Waals surface area contributed by atoms with E-state index in [0.29, 0.717) is 10.0 Å². The number of nitrogens with zero attached hydrogens (tertiary/aromatic N) is 1. The normalized spacial score (nSPS) is 11.1. The van der Waals surface area contributed by atoms with Gasteiger partial charge < -0.3 is 4.85 Å². The minimum Gasteiger partial charge on any atom is -0.312 e. The first-order chi connectivity index (χ1) is 6.45. The molecule has 74 valence electrons. The second kappa shape index (κ2) is 4.01. The van der Waals surface area contributed by atoms with Crippen LogP contribution in [0.5, 0.6) is 0 Å². The van der Waals surface area contributed by atoms with Crippen LogP contribution < -0.4 is 0 Å². The highest BCUT2D eigenvalue weighted by Crippen LogP contribution is 2.32. The molecule has 0 heterocycles. The van der Waals surface area contributed by atoms with E-state index in [1.807, 2.05) is 0 Å². The van der Waals surface area contributed by atoms with Crippen molar-refractivity contribution in [3.63, 3.8) is 0 Å². The summed E-state index contributed by atoms with van der Waals surface area (Å²) >= 11 is 3.00. The first kappa shape index (κ1) is 11.1. The Hall–Kier alpha value is -1.02. The van der Waals surface area contributed by atoms with Gasteiger partial charge in [0.15, 0.2) is 0 Å². The van der Waals surface area contributed by atoms with Crippen molar-refractivity contribution in [2.24, 2.45) is 0 Å². The van der Waals surface area contributed by atoms with Crippen LogP contribution in [0.4, 0.5) is 13.2 Å². The largest absolute Gasteiger partial charge is 0.416 e. The second-order valence-electron chi connectivity index (χ2n) is 2.62. The third kappa shape index (κ3) is 2.48. The summed E-state index contributed by atoms with van der Waals surface area (Å²) < 4.78 is 36.9. The van der Waals surface area contributed by atoms with E-state index >= 15 is 0 Å². The van der Waals surface area contributed by atoms with Gasteiger partial charge in [0, 0.05) is 10.0 Å². The molecule has 0 amide bonds. The highest BCUT2D eigenvalue weighted by Gasteiger charge is 2.30. The maximum atomic E-state index is 12.2. The molecule has 0 aliphatic carbocycles. The summed E-state index contributed by atoms with van der Waals surface area (Å²) in [6.07, 6.45) is -4.33. The zero-order chi connectivity index (χ0) is 10.8. The molecule has 0 unspecified atom stereocenters. The Morgan fingerprint density at radius 2 is 2.00 bits per heavy atom. The van der Waals surface area contributed by atoms with Crippen LogP contribution in [0.15, 0.2) is 22.7 Å². The molecule has 1 nitrogen and oxygen atoms in total. The minimum absolute atomic E-state index is 0.0821. The van der Waals surface area contributed by atoms with E-state index in [1.54, 1.807) is 0 Å². The predicted molar refractivity (Wildman–Crippen MR) is 49.5 cm³/mol. The topological polar surface area (TPSA) is 4.36 Å².